The first-order chi connectivity index (χ1) is 10.2. The smallest absolute Gasteiger partial charge is 0.336 e. The normalized spacial score (nSPS) is 10.9. The van der Waals surface area contributed by atoms with E-state index in [1.807, 2.05) is 30.3 Å². The number of benzene rings is 2. The van der Waals surface area contributed by atoms with E-state index in [1.165, 1.54) is 6.07 Å². The maximum Gasteiger partial charge on any atom is 0.336 e. The second kappa shape index (κ2) is 5.42. The van der Waals surface area contributed by atoms with Gasteiger partial charge in [-0.05, 0) is 30.3 Å². The molecule has 0 aliphatic heterocycles. The lowest BCUT2D eigenvalue weighted by Crippen LogP contribution is -2.07. The third-order valence-corrected chi connectivity index (χ3v) is 3.43. The highest BCUT2D eigenvalue weighted by Gasteiger charge is 2.13. The third-order valence-electron chi connectivity index (χ3n) is 3.43. The van der Waals surface area contributed by atoms with Gasteiger partial charge in [0.05, 0.1) is 5.56 Å². The molecule has 3 aromatic rings. The molecule has 3 rings (SSSR count). The molecule has 0 radical (unpaired) electrons. The molecule has 2 aromatic carbocycles. The Morgan fingerprint density at radius 3 is 2.62 bits per heavy atom. The van der Waals surface area contributed by atoms with Gasteiger partial charge < -0.3 is 14.8 Å². The van der Waals surface area contributed by atoms with Gasteiger partial charge in [-0.1, -0.05) is 30.3 Å². The first-order valence-corrected chi connectivity index (χ1v) is 6.69. The number of phenolic OH excluding ortho intramolecular Hbond substituents is 1. The van der Waals surface area contributed by atoms with Gasteiger partial charge >= 0.3 is 5.63 Å². The van der Waals surface area contributed by atoms with Gasteiger partial charge in [0, 0.05) is 18.0 Å². The minimum atomic E-state index is -0.427. The van der Waals surface area contributed by atoms with Gasteiger partial charge in [-0.15, -0.1) is 0 Å². The van der Waals surface area contributed by atoms with Crippen molar-refractivity contribution in [3.05, 3.63) is 64.5 Å². The molecule has 1 aromatic heterocycles. The van der Waals surface area contributed by atoms with Crippen LogP contribution in [0, 0.1) is 0 Å². The predicted octanol–water partition coefficient (Wildman–Crippen LogP) is 2.89. The van der Waals surface area contributed by atoms with Crippen molar-refractivity contribution in [3.8, 4) is 16.9 Å². The van der Waals surface area contributed by atoms with Gasteiger partial charge in [-0.25, -0.2) is 4.79 Å². The van der Waals surface area contributed by atoms with Gasteiger partial charge in [0.25, 0.3) is 0 Å². The van der Waals surface area contributed by atoms with Crippen molar-refractivity contribution in [1.82, 2.24) is 5.32 Å². The second-order valence-corrected chi connectivity index (χ2v) is 4.82. The molecule has 106 valence electrons. The van der Waals surface area contributed by atoms with Gasteiger partial charge in [0.15, 0.2) is 0 Å². The molecule has 0 atom stereocenters. The zero-order valence-electron chi connectivity index (χ0n) is 11.6. The highest BCUT2D eigenvalue weighted by Crippen LogP contribution is 2.32. The van der Waals surface area contributed by atoms with Crippen LogP contribution in [0.5, 0.6) is 5.75 Å². The van der Waals surface area contributed by atoms with Crippen molar-refractivity contribution in [1.29, 1.82) is 0 Å². The largest absolute Gasteiger partial charge is 0.507 e. The SMILES string of the molecule is CNCc1c(O)ccc2c(-c3ccccc3)cc(=O)oc12. The molecule has 0 amide bonds. The highest BCUT2D eigenvalue weighted by atomic mass is 16.4. The molecule has 4 heteroatoms. The maximum atomic E-state index is 11.9. The Hall–Kier alpha value is -2.59. The van der Waals surface area contributed by atoms with Crippen molar-refractivity contribution in [2.45, 2.75) is 6.54 Å². The molecule has 0 unspecified atom stereocenters. The Bertz CT molecular complexity index is 838. The summed E-state index contributed by atoms with van der Waals surface area (Å²) in [4.78, 5) is 11.9. The summed E-state index contributed by atoms with van der Waals surface area (Å²) in [7, 11) is 1.78. The van der Waals surface area contributed by atoms with Crippen LogP contribution < -0.4 is 10.9 Å². The van der Waals surface area contributed by atoms with Crippen LogP contribution >= 0.6 is 0 Å². The van der Waals surface area contributed by atoms with E-state index in [-0.39, 0.29) is 5.75 Å². The van der Waals surface area contributed by atoms with E-state index in [2.05, 4.69) is 5.32 Å². The highest BCUT2D eigenvalue weighted by molar-refractivity contribution is 5.95. The molecular weight excluding hydrogens is 266 g/mol. The molecule has 0 saturated carbocycles. The first kappa shape index (κ1) is 13.4. The summed E-state index contributed by atoms with van der Waals surface area (Å²) in [5, 5.41) is 13.8. The van der Waals surface area contributed by atoms with Gasteiger partial charge in [-0.2, -0.15) is 0 Å². The summed E-state index contributed by atoms with van der Waals surface area (Å²) in [6, 6.07) is 14.5. The van der Waals surface area contributed by atoms with Crippen molar-refractivity contribution in [2.75, 3.05) is 7.05 Å². The minimum Gasteiger partial charge on any atom is -0.507 e. The monoisotopic (exact) mass is 281 g/mol. The van der Waals surface area contributed by atoms with E-state index in [9.17, 15) is 9.90 Å². The molecule has 1 heterocycles. The van der Waals surface area contributed by atoms with Crippen molar-refractivity contribution >= 4 is 11.0 Å². The molecule has 21 heavy (non-hydrogen) atoms. The van der Waals surface area contributed by atoms with Crippen LogP contribution in [0.3, 0.4) is 0 Å². The molecule has 0 fully saturated rings. The predicted molar refractivity (Wildman–Crippen MR) is 82.3 cm³/mol. The molecule has 0 spiro atoms. The first-order valence-electron chi connectivity index (χ1n) is 6.69. The van der Waals surface area contributed by atoms with Crippen LogP contribution in [0.4, 0.5) is 0 Å². The van der Waals surface area contributed by atoms with Crippen LogP contribution in [-0.4, -0.2) is 12.2 Å². The number of rotatable bonds is 3. The van der Waals surface area contributed by atoms with Crippen LogP contribution in [0.1, 0.15) is 5.56 Å². The summed E-state index contributed by atoms with van der Waals surface area (Å²) in [6.07, 6.45) is 0. The van der Waals surface area contributed by atoms with Gasteiger partial charge in [-0.3, -0.25) is 0 Å². The molecular formula is C17H15NO3. The average molecular weight is 281 g/mol. The van der Waals surface area contributed by atoms with Gasteiger partial charge in [0.2, 0.25) is 0 Å². The van der Waals surface area contributed by atoms with Crippen LogP contribution in [0.15, 0.2) is 57.7 Å². The fourth-order valence-corrected chi connectivity index (χ4v) is 2.48. The Balaban J connectivity index is 2.37. The summed E-state index contributed by atoms with van der Waals surface area (Å²) in [5.41, 5.74) is 2.33. The van der Waals surface area contributed by atoms with E-state index in [0.29, 0.717) is 17.7 Å². The Kier molecular flexibility index (Phi) is 3.46. The summed E-state index contributed by atoms with van der Waals surface area (Å²) >= 11 is 0. The van der Waals surface area contributed by atoms with Crippen LogP contribution in [0.2, 0.25) is 0 Å². The van der Waals surface area contributed by atoms with Gasteiger partial charge in [0.1, 0.15) is 11.3 Å². The summed E-state index contributed by atoms with van der Waals surface area (Å²) < 4.78 is 5.33. The minimum absolute atomic E-state index is 0.116. The Morgan fingerprint density at radius 2 is 1.90 bits per heavy atom. The fourth-order valence-electron chi connectivity index (χ4n) is 2.48. The van der Waals surface area contributed by atoms with Crippen molar-refractivity contribution < 1.29 is 9.52 Å². The Morgan fingerprint density at radius 1 is 1.14 bits per heavy atom. The standard InChI is InChI=1S/C17H15NO3/c1-18-10-14-15(19)8-7-12-13(9-16(20)21-17(12)14)11-5-3-2-4-6-11/h2-9,18-19H,10H2,1H3. The topological polar surface area (TPSA) is 62.5 Å². The van der Waals surface area contributed by atoms with Crippen molar-refractivity contribution in [2.24, 2.45) is 0 Å². The lowest BCUT2D eigenvalue weighted by Gasteiger charge is -2.10. The van der Waals surface area contributed by atoms with E-state index >= 15 is 0 Å². The van der Waals surface area contributed by atoms with E-state index in [1.54, 1.807) is 19.2 Å². The van der Waals surface area contributed by atoms with Crippen LogP contribution in [-0.2, 0) is 6.54 Å². The number of aromatic hydroxyl groups is 1. The Labute approximate surface area is 121 Å². The van der Waals surface area contributed by atoms with E-state index < -0.39 is 5.63 Å². The number of phenols is 1. The van der Waals surface area contributed by atoms with Crippen LogP contribution in [0.25, 0.3) is 22.1 Å². The van der Waals surface area contributed by atoms with E-state index in [0.717, 1.165) is 16.5 Å². The number of nitrogens with one attached hydrogen (secondary N) is 1. The number of hydrogen-bond donors (Lipinski definition) is 2. The maximum absolute atomic E-state index is 11.9. The molecule has 0 bridgehead atoms. The molecule has 0 saturated heterocycles. The summed E-state index contributed by atoms with van der Waals surface area (Å²) in [6.45, 7) is 0.421. The quantitative estimate of drug-likeness (QED) is 0.725. The lowest BCUT2D eigenvalue weighted by molar-refractivity contribution is 0.462. The second-order valence-electron chi connectivity index (χ2n) is 4.82. The number of hydrogen-bond acceptors (Lipinski definition) is 4. The van der Waals surface area contributed by atoms with Crippen molar-refractivity contribution in [3.63, 3.8) is 0 Å². The number of fused-ring (bicyclic) bond motifs is 1. The third kappa shape index (κ3) is 2.41. The molecule has 2 N–H and O–H groups in total. The molecule has 0 aliphatic carbocycles. The molecule has 0 aliphatic rings. The summed E-state index contributed by atoms with van der Waals surface area (Å²) in [5.74, 6) is 0.116. The lowest BCUT2D eigenvalue weighted by atomic mass is 10.00. The molecule has 4 nitrogen and oxygen atoms in total. The zero-order valence-corrected chi connectivity index (χ0v) is 11.6. The average Bonchev–Trinajstić information content (AvgIpc) is 2.50. The fraction of sp³-hybridized carbons (Fsp3) is 0.118. The van der Waals surface area contributed by atoms with E-state index in [4.69, 9.17) is 4.42 Å². The zero-order chi connectivity index (χ0) is 14.8.